The molecule has 1 saturated heterocycles. The second kappa shape index (κ2) is 8.61. The molecule has 0 spiro atoms. The largest absolute Gasteiger partial charge is 0.497 e. The van der Waals surface area contributed by atoms with Crippen LogP contribution in [-0.2, 0) is 4.79 Å². The van der Waals surface area contributed by atoms with Gasteiger partial charge in [0.15, 0.2) is 5.75 Å². The molecule has 2 aliphatic heterocycles. The van der Waals surface area contributed by atoms with Gasteiger partial charge in [0.1, 0.15) is 23.0 Å². The van der Waals surface area contributed by atoms with E-state index in [0.29, 0.717) is 13.0 Å². The Balaban J connectivity index is 1.63. The van der Waals surface area contributed by atoms with E-state index in [9.17, 15) is 4.79 Å². The molecule has 4 rings (SSSR count). The lowest BCUT2D eigenvalue weighted by atomic mass is 9.91. The number of amides is 1. The normalized spacial score (nSPS) is 16.3. The molecule has 6 heteroatoms. The SMILES string of the molecule is COc1ccc2c(c1)Oc1ccccc1N=C2N1CCCN(C(=O)CC(C)(C)C)CC1. The molecule has 2 heterocycles. The first-order valence-electron chi connectivity index (χ1n) is 10.9. The van der Waals surface area contributed by atoms with E-state index < -0.39 is 0 Å². The van der Waals surface area contributed by atoms with E-state index in [2.05, 4.69) is 25.7 Å². The third-order valence-electron chi connectivity index (χ3n) is 5.57. The molecular weight excluding hydrogens is 390 g/mol. The molecule has 2 aromatic rings. The average molecular weight is 422 g/mol. The minimum Gasteiger partial charge on any atom is -0.497 e. The minimum absolute atomic E-state index is 0.00646. The van der Waals surface area contributed by atoms with Crippen LogP contribution in [0.1, 0.15) is 39.2 Å². The van der Waals surface area contributed by atoms with Crippen molar-refractivity contribution in [3.8, 4) is 17.2 Å². The van der Waals surface area contributed by atoms with E-state index in [1.807, 2.05) is 47.4 Å². The summed E-state index contributed by atoms with van der Waals surface area (Å²) in [5.41, 5.74) is 1.73. The molecule has 0 unspecified atom stereocenters. The number of fused-ring (bicyclic) bond motifs is 2. The van der Waals surface area contributed by atoms with Gasteiger partial charge in [0.2, 0.25) is 5.91 Å². The van der Waals surface area contributed by atoms with Crippen molar-refractivity contribution in [2.45, 2.75) is 33.6 Å². The van der Waals surface area contributed by atoms with Crippen molar-refractivity contribution in [1.82, 2.24) is 9.80 Å². The Labute approximate surface area is 184 Å². The average Bonchev–Trinajstić information content (AvgIpc) is 3.06. The van der Waals surface area contributed by atoms with Gasteiger partial charge in [0.05, 0.1) is 12.7 Å². The van der Waals surface area contributed by atoms with Crippen molar-refractivity contribution in [3.63, 3.8) is 0 Å². The topological polar surface area (TPSA) is 54.4 Å². The maximum atomic E-state index is 12.8. The van der Waals surface area contributed by atoms with Crippen LogP contribution < -0.4 is 9.47 Å². The van der Waals surface area contributed by atoms with Gasteiger partial charge in [-0.1, -0.05) is 32.9 Å². The smallest absolute Gasteiger partial charge is 0.223 e. The fourth-order valence-electron chi connectivity index (χ4n) is 4.01. The van der Waals surface area contributed by atoms with Gasteiger partial charge in [-0.05, 0) is 36.1 Å². The van der Waals surface area contributed by atoms with Crippen molar-refractivity contribution >= 4 is 17.4 Å². The monoisotopic (exact) mass is 421 g/mol. The quantitative estimate of drug-likeness (QED) is 0.696. The Morgan fingerprint density at radius 3 is 2.65 bits per heavy atom. The van der Waals surface area contributed by atoms with Gasteiger partial charge in [0, 0.05) is 38.7 Å². The van der Waals surface area contributed by atoms with Crippen LogP contribution in [0.15, 0.2) is 47.5 Å². The zero-order valence-corrected chi connectivity index (χ0v) is 18.9. The van der Waals surface area contributed by atoms with Gasteiger partial charge < -0.3 is 19.3 Å². The second-order valence-electron chi connectivity index (χ2n) is 9.33. The number of methoxy groups -OCH3 is 1. The summed E-state index contributed by atoms with van der Waals surface area (Å²) in [6, 6.07) is 13.7. The van der Waals surface area contributed by atoms with Gasteiger partial charge in [-0.15, -0.1) is 0 Å². The molecule has 2 aromatic carbocycles. The fourth-order valence-corrected chi connectivity index (χ4v) is 4.01. The maximum absolute atomic E-state index is 12.8. The molecule has 1 fully saturated rings. The van der Waals surface area contributed by atoms with E-state index >= 15 is 0 Å². The van der Waals surface area contributed by atoms with E-state index in [4.69, 9.17) is 14.5 Å². The van der Waals surface area contributed by atoms with Crippen LogP contribution >= 0.6 is 0 Å². The number of rotatable bonds is 2. The Hall–Kier alpha value is -3.02. The van der Waals surface area contributed by atoms with Crippen LogP contribution in [0, 0.1) is 5.41 Å². The number of benzene rings is 2. The van der Waals surface area contributed by atoms with Gasteiger partial charge >= 0.3 is 0 Å². The van der Waals surface area contributed by atoms with Crippen LogP contribution in [0.4, 0.5) is 5.69 Å². The summed E-state index contributed by atoms with van der Waals surface area (Å²) in [6.45, 7) is 9.38. The summed E-state index contributed by atoms with van der Waals surface area (Å²) in [5, 5.41) is 0. The number of hydrogen-bond donors (Lipinski definition) is 0. The molecule has 0 aliphatic carbocycles. The van der Waals surface area contributed by atoms with E-state index in [0.717, 1.165) is 60.4 Å². The van der Waals surface area contributed by atoms with Crippen molar-refractivity contribution in [1.29, 1.82) is 0 Å². The lowest BCUT2D eigenvalue weighted by Gasteiger charge is -2.27. The molecular formula is C25H31N3O3. The summed E-state index contributed by atoms with van der Waals surface area (Å²) >= 11 is 0. The van der Waals surface area contributed by atoms with Crippen LogP contribution in [-0.4, -0.2) is 54.8 Å². The minimum atomic E-state index is -0.00646. The van der Waals surface area contributed by atoms with Crippen molar-refractivity contribution < 1.29 is 14.3 Å². The number of carbonyl (C=O) groups is 1. The predicted octanol–water partition coefficient (Wildman–Crippen LogP) is 4.85. The van der Waals surface area contributed by atoms with Crippen LogP contribution in [0.25, 0.3) is 0 Å². The predicted molar refractivity (Wildman–Crippen MR) is 123 cm³/mol. The number of para-hydroxylation sites is 2. The second-order valence-corrected chi connectivity index (χ2v) is 9.33. The number of hydrogen-bond acceptors (Lipinski definition) is 5. The highest BCUT2D eigenvalue weighted by Gasteiger charge is 2.27. The van der Waals surface area contributed by atoms with Crippen LogP contribution in [0.5, 0.6) is 17.2 Å². The number of ether oxygens (including phenoxy) is 2. The number of aliphatic imine (C=N–C) groups is 1. The number of amidine groups is 1. The number of nitrogens with zero attached hydrogens (tertiary/aromatic N) is 3. The fraction of sp³-hybridized carbons (Fsp3) is 0.440. The number of carbonyl (C=O) groups excluding carboxylic acids is 1. The van der Waals surface area contributed by atoms with Crippen molar-refractivity contribution in [3.05, 3.63) is 48.0 Å². The standard InChI is InChI=1S/C25H31N3O3/c1-25(2,3)17-23(29)27-12-7-13-28(15-14-27)24-19-11-10-18(30-4)16-22(19)31-21-9-6-5-8-20(21)26-24/h5-6,8-11,16H,7,12-15,17H2,1-4H3. The Bertz CT molecular complexity index is 994. The van der Waals surface area contributed by atoms with E-state index in [1.54, 1.807) is 7.11 Å². The summed E-state index contributed by atoms with van der Waals surface area (Å²) < 4.78 is 11.6. The first-order chi connectivity index (χ1) is 14.8. The molecule has 6 nitrogen and oxygen atoms in total. The lowest BCUT2D eigenvalue weighted by Crippen LogP contribution is -2.38. The third kappa shape index (κ3) is 4.84. The molecule has 2 aliphatic rings. The molecule has 0 aromatic heterocycles. The first kappa shape index (κ1) is 21.2. The lowest BCUT2D eigenvalue weighted by molar-refractivity contribution is -0.132. The third-order valence-corrected chi connectivity index (χ3v) is 5.57. The van der Waals surface area contributed by atoms with Crippen LogP contribution in [0.3, 0.4) is 0 Å². The van der Waals surface area contributed by atoms with Gasteiger partial charge in [-0.3, -0.25) is 4.79 Å². The van der Waals surface area contributed by atoms with E-state index in [-0.39, 0.29) is 11.3 Å². The highest BCUT2D eigenvalue weighted by Crippen LogP contribution is 2.39. The Kier molecular flexibility index (Phi) is 5.90. The summed E-state index contributed by atoms with van der Waals surface area (Å²) in [4.78, 5) is 22.1. The summed E-state index contributed by atoms with van der Waals surface area (Å²) in [7, 11) is 1.65. The molecule has 0 bridgehead atoms. The van der Waals surface area contributed by atoms with Gasteiger partial charge in [-0.25, -0.2) is 4.99 Å². The summed E-state index contributed by atoms with van der Waals surface area (Å²) in [5.74, 6) is 3.31. The highest BCUT2D eigenvalue weighted by atomic mass is 16.5. The molecule has 1 amide bonds. The summed E-state index contributed by atoms with van der Waals surface area (Å²) in [6.07, 6.45) is 1.47. The molecule has 0 atom stereocenters. The molecule has 164 valence electrons. The van der Waals surface area contributed by atoms with Crippen molar-refractivity contribution in [2.75, 3.05) is 33.3 Å². The van der Waals surface area contributed by atoms with Crippen molar-refractivity contribution in [2.24, 2.45) is 10.4 Å². The molecule has 0 N–H and O–H groups in total. The van der Waals surface area contributed by atoms with Crippen LogP contribution in [0.2, 0.25) is 0 Å². The molecule has 0 radical (unpaired) electrons. The maximum Gasteiger partial charge on any atom is 0.223 e. The van der Waals surface area contributed by atoms with Gasteiger partial charge in [0.25, 0.3) is 0 Å². The molecule has 0 saturated carbocycles. The Morgan fingerprint density at radius 2 is 1.87 bits per heavy atom. The van der Waals surface area contributed by atoms with E-state index in [1.165, 1.54) is 0 Å². The zero-order chi connectivity index (χ0) is 22.0. The highest BCUT2D eigenvalue weighted by molar-refractivity contribution is 6.04. The zero-order valence-electron chi connectivity index (χ0n) is 18.9. The first-order valence-corrected chi connectivity index (χ1v) is 10.9. The van der Waals surface area contributed by atoms with Gasteiger partial charge in [-0.2, -0.15) is 0 Å². The molecule has 31 heavy (non-hydrogen) atoms. The Morgan fingerprint density at radius 1 is 1.06 bits per heavy atom.